The lowest BCUT2D eigenvalue weighted by atomic mass is 10.0. The van der Waals surface area contributed by atoms with Crippen molar-refractivity contribution < 1.29 is 24.5 Å². The molecule has 5 nitrogen and oxygen atoms in total. The summed E-state index contributed by atoms with van der Waals surface area (Å²) < 4.78 is 5.63. The van der Waals surface area contributed by atoms with Crippen LogP contribution in [0.25, 0.3) is 21.9 Å². The lowest BCUT2D eigenvalue weighted by molar-refractivity contribution is -0.153. The van der Waals surface area contributed by atoms with Gasteiger partial charge in [0.15, 0.2) is 6.10 Å². The van der Waals surface area contributed by atoms with E-state index >= 15 is 0 Å². The van der Waals surface area contributed by atoms with Gasteiger partial charge < -0.3 is 19.7 Å². The van der Waals surface area contributed by atoms with Crippen LogP contribution >= 0.6 is 0 Å². The predicted octanol–water partition coefficient (Wildman–Crippen LogP) is 2.06. The molecule has 20 heavy (non-hydrogen) atoms. The van der Waals surface area contributed by atoms with Crippen LogP contribution in [0, 0.1) is 0 Å². The SMILES string of the molecule is O=C(O)C(O)C(O)c1ccc2oc3ccccc3c2c1. The topological polar surface area (TPSA) is 90.9 Å². The average molecular weight is 272 g/mol. The van der Waals surface area contributed by atoms with E-state index in [1.54, 1.807) is 18.2 Å². The van der Waals surface area contributed by atoms with Crippen LogP contribution in [-0.4, -0.2) is 27.4 Å². The number of benzene rings is 2. The predicted molar refractivity (Wildman–Crippen MR) is 72.3 cm³/mol. The molecule has 0 amide bonds. The van der Waals surface area contributed by atoms with Crippen molar-refractivity contribution in [3.05, 3.63) is 48.0 Å². The van der Waals surface area contributed by atoms with Crippen LogP contribution in [0.15, 0.2) is 46.9 Å². The van der Waals surface area contributed by atoms with E-state index in [2.05, 4.69) is 0 Å². The number of para-hydroxylation sites is 1. The van der Waals surface area contributed by atoms with Crippen LogP contribution in [0.2, 0.25) is 0 Å². The molecule has 0 bridgehead atoms. The molecule has 2 unspecified atom stereocenters. The Morgan fingerprint density at radius 2 is 1.70 bits per heavy atom. The average Bonchev–Trinajstić information content (AvgIpc) is 2.83. The zero-order chi connectivity index (χ0) is 14.3. The van der Waals surface area contributed by atoms with Crippen molar-refractivity contribution in [2.45, 2.75) is 12.2 Å². The second kappa shape index (κ2) is 4.63. The highest BCUT2D eigenvalue weighted by Gasteiger charge is 2.25. The summed E-state index contributed by atoms with van der Waals surface area (Å²) in [4.78, 5) is 10.7. The molecule has 102 valence electrons. The molecule has 0 aliphatic carbocycles. The monoisotopic (exact) mass is 272 g/mol. The lowest BCUT2D eigenvalue weighted by Crippen LogP contribution is -2.27. The first kappa shape index (κ1) is 12.7. The smallest absolute Gasteiger partial charge is 0.335 e. The van der Waals surface area contributed by atoms with Gasteiger partial charge in [-0.15, -0.1) is 0 Å². The Bertz CT molecular complexity index is 789. The molecule has 0 aliphatic heterocycles. The van der Waals surface area contributed by atoms with E-state index in [0.29, 0.717) is 16.7 Å². The molecular formula is C15H12O5. The quantitative estimate of drug-likeness (QED) is 0.679. The van der Waals surface area contributed by atoms with Crippen LogP contribution in [0.3, 0.4) is 0 Å². The molecule has 2 atom stereocenters. The molecule has 1 heterocycles. The minimum absolute atomic E-state index is 0.332. The minimum Gasteiger partial charge on any atom is -0.479 e. The number of hydrogen-bond acceptors (Lipinski definition) is 4. The normalized spacial score (nSPS) is 14.5. The maximum Gasteiger partial charge on any atom is 0.335 e. The number of carboxylic acid groups (broad SMARTS) is 1. The molecule has 0 saturated heterocycles. The van der Waals surface area contributed by atoms with Gasteiger partial charge in [-0.2, -0.15) is 0 Å². The number of aliphatic carboxylic acids is 1. The second-order valence-electron chi connectivity index (χ2n) is 4.58. The van der Waals surface area contributed by atoms with Gasteiger partial charge >= 0.3 is 5.97 Å². The summed E-state index contributed by atoms with van der Waals surface area (Å²) in [5.74, 6) is -1.46. The first-order chi connectivity index (χ1) is 9.58. The van der Waals surface area contributed by atoms with Crippen LogP contribution in [0.4, 0.5) is 0 Å². The van der Waals surface area contributed by atoms with Gasteiger partial charge in [0.25, 0.3) is 0 Å². The van der Waals surface area contributed by atoms with Crippen molar-refractivity contribution in [1.29, 1.82) is 0 Å². The third-order valence-electron chi connectivity index (χ3n) is 3.29. The fourth-order valence-electron chi connectivity index (χ4n) is 2.25. The van der Waals surface area contributed by atoms with Gasteiger partial charge in [0.1, 0.15) is 17.3 Å². The van der Waals surface area contributed by atoms with Gasteiger partial charge in [-0.3, -0.25) is 0 Å². The van der Waals surface area contributed by atoms with E-state index in [4.69, 9.17) is 9.52 Å². The number of fused-ring (bicyclic) bond motifs is 3. The molecule has 0 saturated carbocycles. The van der Waals surface area contributed by atoms with Crippen molar-refractivity contribution in [3.8, 4) is 0 Å². The molecule has 0 fully saturated rings. The number of hydrogen-bond donors (Lipinski definition) is 3. The molecular weight excluding hydrogens is 260 g/mol. The van der Waals surface area contributed by atoms with Crippen LogP contribution < -0.4 is 0 Å². The number of aliphatic hydroxyl groups is 2. The highest BCUT2D eigenvalue weighted by Crippen LogP contribution is 2.31. The van der Waals surface area contributed by atoms with Gasteiger partial charge in [-0.1, -0.05) is 24.3 Å². The molecule has 3 N–H and O–H groups in total. The molecule has 0 aliphatic rings. The Hall–Kier alpha value is -2.37. The fraction of sp³-hybridized carbons (Fsp3) is 0.133. The molecule has 5 heteroatoms. The van der Waals surface area contributed by atoms with Gasteiger partial charge in [0.2, 0.25) is 0 Å². The Kier molecular flexibility index (Phi) is 2.93. The lowest BCUT2D eigenvalue weighted by Gasteiger charge is -2.14. The molecule has 0 spiro atoms. The largest absolute Gasteiger partial charge is 0.479 e. The third-order valence-corrected chi connectivity index (χ3v) is 3.29. The zero-order valence-electron chi connectivity index (χ0n) is 10.4. The van der Waals surface area contributed by atoms with E-state index < -0.39 is 18.2 Å². The zero-order valence-corrected chi connectivity index (χ0v) is 10.4. The Morgan fingerprint density at radius 1 is 1.00 bits per heavy atom. The Labute approximate surface area is 113 Å². The maximum absolute atomic E-state index is 10.7. The highest BCUT2D eigenvalue weighted by atomic mass is 16.4. The summed E-state index contributed by atoms with van der Waals surface area (Å²) >= 11 is 0. The molecule has 2 aromatic carbocycles. The van der Waals surface area contributed by atoms with Crippen LogP contribution in [-0.2, 0) is 4.79 Å². The van der Waals surface area contributed by atoms with Gasteiger partial charge in [0.05, 0.1) is 0 Å². The standard InChI is InChI=1S/C15H12O5/c16-13(14(17)15(18)19)8-5-6-12-10(7-8)9-3-1-2-4-11(9)20-12/h1-7,13-14,16-17H,(H,18,19). The van der Waals surface area contributed by atoms with E-state index in [1.165, 1.54) is 0 Å². The van der Waals surface area contributed by atoms with Crippen molar-refractivity contribution in [2.75, 3.05) is 0 Å². The Balaban J connectivity index is 2.14. The molecule has 3 rings (SSSR count). The summed E-state index contributed by atoms with van der Waals surface area (Å²) in [5, 5.41) is 29.7. The van der Waals surface area contributed by atoms with Gasteiger partial charge in [-0.05, 0) is 23.8 Å². The first-order valence-electron chi connectivity index (χ1n) is 6.08. The van der Waals surface area contributed by atoms with Gasteiger partial charge in [0, 0.05) is 10.8 Å². The summed E-state index contributed by atoms with van der Waals surface area (Å²) in [6.07, 6.45) is -3.34. The summed E-state index contributed by atoms with van der Waals surface area (Å²) in [5.41, 5.74) is 1.69. The van der Waals surface area contributed by atoms with Crippen molar-refractivity contribution in [1.82, 2.24) is 0 Å². The first-order valence-corrected chi connectivity index (χ1v) is 6.08. The summed E-state index contributed by atoms with van der Waals surface area (Å²) in [6, 6.07) is 12.3. The number of rotatable bonds is 3. The molecule has 1 aromatic heterocycles. The van der Waals surface area contributed by atoms with E-state index in [9.17, 15) is 15.0 Å². The van der Waals surface area contributed by atoms with E-state index in [1.807, 2.05) is 24.3 Å². The summed E-state index contributed by atoms with van der Waals surface area (Å²) in [7, 11) is 0. The number of furan rings is 1. The number of aliphatic hydroxyl groups excluding tert-OH is 2. The number of carbonyl (C=O) groups is 1. The fourth-order valence-corrected chi connectivity index (χ4v) is 2.25. The van der Waals surface area contributed by atoms with Crippen molar-refractivity contribution >= 4 is 27.9 Å². The van der Waals surface area contributed by atoms with Gasteiger partial charge in [-0.25, -0.2) is 4.79 Å². The van der Waals surface area contributed by atoms with Crippen LogP contribution in [0.5, 0.6) is 0 Å². The third kappa shape index (κ3) is 1.93. The van der Waals surface area contributed by atoms with E-state index in [-0.39, 0.29) is 0 Å². The number of carboxylic acids is 1. The highest BCUT2D eigenvalue weighted by molar-refractivity contribution is 6.05. The molecule has 0 radical (unpaired) electrons. The maximum atomic E-state index is 10.7. The summed E-state index contributed by atoms with van der Waals surface area (Å²) in [6.45, 7) is 0. The minimum atomic E-state index is -1.86. The van der Waals surface area contributed by atoms with Crippen LogP contribution in [0.1, 0.15) is 11.7 Å². The second-order valence-corrected chi connectivity index (χ2v) is 4.58. The Morgan fingerprint density at radius 3 is 2.45 bits per heavy atom. The van der Waals surface area contributed by atoms with E-state index in [0.717, 1.165) is 10.8 Å². The molecule has 3 aromatic rings. The van der Waals surface area contributed by atoms with Crippen molar-refractivity contribution in [2.24, 2.45) is 0 Å². The van der Waals surface area contributed by atoms with Crippen molar-refractivity contribution in [3.63, 3.8) is 0 Å².